The van der Waals surface area contributed by atoms with E-state index in [9.17, 15) is 9.59 Å². The molecule has 1 atom stereocenters. The van der Waals surface area contributed by atoms with Crippen LogP contribution in [0, 0.1) is 13.8 Å². The highest BCUT2D eigenvalue weighted by Crippen LogP contribution is 2.28. The number of hydrogen-bond donors (Lipinski definition) is 2. The van der Waals surface area contributed by atoms with Crippen LogP contribution in [0.5, 0.6) is 0 Å². The zero-order valence-electron chi connectivity index (χ0n) is 16.9. The van der Waals surface area contributed by atoms with Crippen LogP contribution >= 0.6 is 11.3 Å². The van der Waals surface area contributed by atoms with Crippen LogP contribution in [0.1, 0.15) is 24.0 Å². The van der Waals surface area contributed by atoms with E-state index in [1.807, 2.05) is 62.4 Å². The number of rotatable bonds is 4. The lowest BCUT2D eigenvalue weighted by molar-refractivity contribution is -0.119. The molecule has 154 valence electrons. The Balaban J connectivity index is 1.42. The minimum atomic E-state index is -0.527. The molecule has 30 heavy (non-hydrogen) atoms. The van der Waals surface area contributed by atoms with Crippen molar-refractivity contribution in [2.45, 2.75) is 32.7 Å². The lowest BCUT2D eigenvalue weighted by atomic mass is 10.1. The van der Waals surface area contributed by atoms with Gasteiger partial charge in [0.05, 0.1) is 0 Å². The zero-order chi connectivity index (χ0) is 21.1. The Kier molecular flexibility index (Phi) is 5.76. The van der Waals surface area contributed by atoms with Gasteiger partial charge in [0.25, 0.3) is 0 Å². The molecular formula is C22H23N5O2S. The molecule has 1 aliphatic heterocycles. The second-order valence-corrected chi connectivity index (χ2v) is 8.40. The van der Waals surface area contributed by atoms with Crippen molar-refractivity contribution in [3.63, 3.8) is 0 Å². The van der Waals surface area contributed by atoms with Crippen molar-refractivity contribution in [2.24, 2.45) is 0 Å². The number of aryl methyl sites for hydroxylation is 2. The van der Waals surface area contributed by atoms with Gasteiger partial charge in [0.1, 0.15) is 11.0 Å². The van der Waals surface area contributed by atoms with E-state index in [0.717, 1.165) is 33.8 Å². The van der Waals surface area contributed by atoms with Crippen LogP contribution in [-0.2, 0) is 4.79 Å². The standard InChI is InChI=1S/C22H23N5O2S/c1-14-6-3-8-16(12-14)20-25-26-21(30-20)24-19(28)18-10-5-11-27(18)22(29)23-17-9-4-7-15(2)13-17/h3-4,6-9,12-13,18H,5,10-11H2,1-2H3,(H,23,29)(H,24,26,28)/t18-/m1/s1. The summed E-state index contributed by atoms with van der Waals surface area (Å²) in [4.78, 5) is 27.1. The Morgan fingerprint density at radius 1 is 1.03 bits per heavy atom. The fourth-order valence-electron chi connectivity index (χ4n) is 3.56. The third kappa shape index (κ3) is 4.49. The summed E-state index contributed by atoms with van der Waals surface area (Å²) in [6.07, 6.45) is 1.40. The summed E-state index contributed by atoms with van der Waals surface area (Å²) in [5.74, 6) is -0.237. The van der Waals surface area contributed by atoms with Gasteiger partial charge < -0.3 is 10.2 Å². The summed E-state index contributed by atoms with van der Waals surface area (Å²) < 4.78 is 0. The van der Waals surface area contributed by atoms with E-state index in [-0.39, 0.29) is 11.9 Å². The van der Waals surface area contributed by atoms with E-state index < -0.39 is 6.04 Å². The first-order valence-electron chi connectivity index (χ1n) is 9.85. The molecule has 2 heterocycles. The van der Waals surface area contributed by atoms with E-state index in [2.05, 4.69) is 20.8 Å². The van der Waals surface area contributed by atoms with Gasteiger partial charge in [0.15, 0.2) is 0 Å². The largest absolute Gasteiger partial charge is 0.322 e. The zero-order valence-corrected chi connectivity index (χ0v) is 17.7. The molecule has 0 bridgehead atoms. The van der Waals surface area contributed by atoms with Gasteiger partial charge in [-0.3, -0.25) is 10.1 Å². The van der Waals surface area contributed by atoms with Gasteiger partial charge in [-0.25, -0.2) is 4.79 Å². The van der Waals surface area contributed by atoms with Crippen molar-refractivity contribution in [3.05, 3.63) is 59.7 Å². The topological polar surface area (TPSA) is 87.2 Å². The third-order valence-corrected chi connectivity index (χ3v) is 5.89. The molecule has 4 rings (SSSR count). The van der Waals surface area contributed by atoms with Crippen molar-refractivity contribution in [1.29, 1.82) is 0 Å². The molecule has 2 N–H and O–H groups in total. The smallest absolute Gasteiger partial charge is 0.312 e. The van der Waals surface area contributed by atoms with Gasteiger partial charge in [-0.15, -0.1) is 10.2 Å². The highest BCUT2D eigenvalue weighted by atomic mass is 32.1. The lowest BCUT2D eigenvalue weighted by Gasteiger charge is -2.23. The van der Waals surface area contributed by atoms with Gasteiger partial charge in [-0.1, -0.05) is 47.2 Å². The summed E-state index contributed by atoms with van der Waals surface area (Å²) in [5.41, 5.74) is 3.88. The Morgan fingerprint density at radius 3 is 2.57 bits per heavy atom. The highest BCUT2D eigenvalue weighted by molar-refractivity contribution is 7.18. The molecule has 1 fully saturated rings. The third-order valence-electron chi connectivity index (χ3n) is 5.01. The number of hydrogen-bond acceptors (Lipinski definition) is 5. The number of likely N-dealkylation sites (tertiary alicyclic amines) is 1. The first kappa shape index (κ1) is 20.0. The van der Waals surface area contributed by atoms with Gasteiger partial charge in [0.2, 0.25) is 11.0 Å². The normalized spacial score (nSPS) is 15.8. The molecule has 7 nitrogen and oxygen atoms in total. The molecule has 0 radical (unpaired) electrons. The predicted octanol–water partition coefficient (Wildman–Crippen LogP) is 4.46. The molecule has 0 unspecified atom stereocenters. The van der Waals surface area contributed by atoms with E-state index in [4.69, 9.17) is 0 Å². The van der Waals surface area contributed by atoms with Crippen molar-refractivity contribution in [3.8, 4) is 10.6 Å². The molecule has 2 aromatic carbocycles. The van der Waals surface area contributed by atoms with Crippen molar-refractivity contribution in [1.82, 2.24) is 15.1 Å². The van der Waals surface area contributed by atoms with E-state index >= 15 is 0 Å². The number of amides is 3. The molecule has 3 amide bonds. The second-order valence-electron chi connectivity index (χ2n) is 7.42. The fourth-order valence-corrected chi connectivity index (χ4v) is 4.30. The van der Waals surface area contributed by atoms with E-state index in [1.54, 1.807) is 4.90 Å². The molecule has 1 aliphatic rings. The Bertz CT molecular complexity index is 1080. The quantitative estimate of drug-likeness (QED) is 0.651. The lowest BCUT2D eigenvalue weighted by Crippen LogP contribution is -2.45. The van der Waals surface area contributed by atoms with Crippen LogP contribution < -0.4 is 10.6 Å². The van der Waals surface area contributed by atoms with Crippen molar-refractivity contribution >= 4 is 34.1 Å². The Morgan fingerprint density at radius 2 is 1.80 bits per heavy atom. The summed E-state index contributed by atoms with van der Waals surface area (Å²) in [7, 11) is 0. The number of benzene rings is 2. The van der Waals surface area contributed by atoms with Crippen LogP contribution in [-0.4, -0.2) is 39.6 Å². The summed E-state index contributed by atoms with van der Waals surface area (Å²) in [6, 6.07) is 14.8. The highest BCUT2D eigenvalue weighted by Gasteiger charge is 2.34. The number of aromatic nitrogens is 2. The van der Waals surface area contributed by atoms with Crippen molar-refractivity contribution in [2.75, 3.05) is 17.2 Å². The molecule has 0 spiro atoms. The number of urea groups is 1. The van der Waals surface area contributed by atoms with Crippen LogP contribution in [0.4, 0.5) is 15.6 Å². The van der Waals surface area contributed by atoms with Crippen LogP contribution in [0.25, 0.3) is 10.6 Å². The summed E-state index contributed by atoms with van der Waals surface area (Å²) >= 11 is 1.32. The first-order chi connectivity index (χ1) is 14.5. The van der Waals surface area contributed by atoms with Crippen LogP contribution in [0.3, 0.4) is 0 Å². The Labute approximate surface area is 179 Å². The maximum absolute atomic E-state index is 12.8. The average Bonchev–Trinajstić information content (AvgIpc) is 3.38. The fraction of sp³-hybridized carbons (Fsp3) is 0.273. The maximum atomic E-state index is 12.8. The predicted molar refractivity (Wildman–Crippen MR) is 119 cm³/mol. The summed E-state index contributed by atoms with van der Waals surface area (Å²) in [5, 5.41) is 15.2. The monoisotopic (exact) mass is 421 g/mol. The van der Waals surface area contributed by atoms with Gasteiger partial charge in [-0.2, -0.15) is 0 Å². The van der Waals surface area contributed by atoms with Gasteiger partial charge in [0, 0.05) is 17.8 Å². The number of carbonyl (C=O) groups is 2. The number of anilines is 2. The molecular weight excluding hydrogens is 398 g/mol. The van der Waals surface area contributed by atoms with E-state index in [0.29, 0.717) is 18.1 Å². The average molecular weight is 422 g/mol. The molecule has 8 heteroatoms. The SMILES string of the molecule is Cc1cccc(NC(=O)N2CCC[C@@H]2C(=O)Nc2nnc(-c3cccc(C)c3)s2)c1. The van der Waals surface area contributed by atoms with Crippen LogP contribution in [0.15, 0.2) is 48.5 Å². The first-order valence-corrected chi connectivity index (χ1v) is 10.7. The second kappa shape index (κ2) is 8.62. The molecule has 1 saturated heterocycles. The molecule has 0 saturated carbocycles. The van der Waals surface area contributed by atoms with Crippen LogP contribution in [0.2, 0.25) is 0 Å². The minimum Gasteiger partial charge on any atom is -0.312 e. The number of nitrogens with one attached hydrogen (secondary N) is 2. The maximum Gasteiger partial charge on any atom is 0.322 e. The van der Waals surface area contributed by atoms with Gasteiger partial charge >= 0.3 is 6.03 Å². The minimum absolute atomic E-state index is 0.237. The molecule has 1 aromatic heterocycles. The van der Waals surface area contributed by atoms with Crippen molar-refractivity contribution < 1.29 is 9.59 Å². The number of carbonyl (C=O) groups excluding carboxylic acids is 2. The molecule has 3 aromatic rings. The van der Waals surface area contributed by atoms with Gasteiger partial charge in [-0.05, 0) is 50.5 Å². The Hall–Kier alpha value is -3.26. The summed E-state index contributed by atoms with van der Waals surface area (Å²) in [6.45, 7) is 4.53. The van der Waals surface area contributed by atoms with E-state index in [1.165, 1.54) is 11.3 Å². The number of nitrogens with zero attached hydrogens (tertiary/aromatic N) is 3. The molecule has 0 aliphatic carbocycles.